The first kappa shape index (κ1) is 32.2. The van der Waals surface area contributed by atoms with Crippen molar-refractivity contribution >= 4 is 27.8 Å². The summed E-state index contributed by atoms with van der Waals surface area (Å²) in [7, 11) is -3.67. The number of sulfonamides is 1. The van der Waals surface area contributed by atoms with E-state index in [0.29, 0.717) is 25.0 Å². The van der Waals surface area contributed by atoms with Gasteiger partial charge >= 0.3 is 0 Å². The van der Waals surface area contributed by atoms with E-state index in [1.54, 1.807) is 6.08 Å². The number of aliphatic imine (C=N–C) groups is 1. The summed E-state index contributed by atoms with van der Waals surface area (Å²) in [6, 6.07) is 3.66. The van der Waals surface area contributed by atoms with E-state index < -0.39 is 21.7 Å². The van der Waals surface area contributed by atoms with E-state index in [9.17, 15) is 18.3 Å². The maximum Gasteiger partial charge on any atom is 0.253 e. The van der Waals surface area contributed by atoms with Gasteiger partial charge in [0.2, 0.25) is 10.0 Å². The molecular weight excluding hydrogens is 530 g/mol. The molecule has 1 amide bonds. The minimum absolute atomic E-state index is 0.0996. The van der Waals surface area contributed by atoms with E-state index in [-0.39, 0.29) is 32.2 Å². The van der Waals surface area contributed by atoms with Crippen molar-refractivity contribution in [2.24, 2.45) is 4.99 Å². The quantitative estimate of drug-likeness (QED) is 0.252. The fraction of sp³-hybridized carbons (Fsp3) is 0.667. The number of ether oxygens (including phenoxy) is 1. The minimum Gasteiger partial charge on any atom is -0.493 e. The molecule has 9 nitrogen and oxygen atoms in total. The minimum atomic E-state index is -3.67. The van der Waals surface area contributed by atoms with Gasteiger partial charge in [-0.1, -0.05) is 45.4 Å². The lowest BCUT2D eigenvalue weighted by Crippen LogP contribution is -2.50. The highest BCUT2D eigenvalue weighted by molar-refractivity contribution is 7.92. The van der Waals surface area contributed by atoms with Crippen LogP contribution in [0, 0.1) is 13.8 Å². The highest BCUT2D eigenvalue weighted by Gasteiger charge is 2.46. The fourth-order valence-electron chi connectivity index (χ4n) is 5.33. The summed E-state index contributed by atoms with van der Waals surface area (Å²) in [4.78, 5) is 17.6. The van der Waals surface area contributed by atoms with Gasteiger partial charge in [0, 0.05) is 31.3 Å². The van der Waals surface area contributed by atoms with Crippen molar-refractivity contribution in [2.45, 2.75) is 103 Å². The topological polar surface area (TPSA) is 129 Å². The smallest absolute Gasteiger partial charge is 0.253 e. The number of aliphatic hydroxyl groups excluding tert-OH is 2. The van der Waals surface area contributed by atoms with Gasteiger partial charge in [0.25, 0.3) is 5.91 Å². The zero-order valence-corrected chi connectivity index (χ0v) is 25.1. The van der Waals surface area contributed by atoms with Crippen molar-refractivity contribution in [1.29, 1.82) is 0 Å². The Morgan fingerprint density at radius 2 is 1.73 bits per heavy atom. The maximum absolute atomic E-state index is 13.1. The van der Waals surface area contributed by atoms with E-state index in [2.05, 4.69) is 12.2 Å². The van der Waals surface area contributed by atoms with Crippen LogP contribution in [0.4, 0.5) is 0 Å². The number of hydrogen-bond acceptors (Lipinski definition) is 7. The number of nitrogens with one attached hydrogen (secondary N) is 1. The number of carbonyl (C=O) groups is 1. The molecule has 40 heavy (non-hydrogen) atoms. The van der Waals surface area contributed by atoms with Crippen molar-refractivity contribution in [1.82, 2.24) is 9.62 Å². The van der Waals surface area contributed by atoms with E-state index >= 15 is 0 Å². The van der Waals surface area contributed by atoms with Crippen molar-refractivity contribution in [3.05, 3.63) is 34.2 Å². The van der Waals surface area contributed by atoms with Gasteiger partial charge in [-0.05, 0) is 68.0 Å². The number of amides is 1. The third-order valence-electron chi connectivity index (χ3n) is 7.86. The Morgan fingerprint density at radius 3 is 2.35 bits per heavy atom. The fourth-order valence-corrected chi connectivity index (χ4v) is 6.50. The summed E-state index contributed by atoms with van der Waals surface area (Å²) in [6.45, 7) is 6.45. The molecule has 0 aliphatic carbocycles. The summed E-state index contributed by atoms with van der Waals surface area (Å²) in [5.41, 5.74) is 1.69. The molecule has 0 saturated carbocycles. The van der Waals surface area contributed by atoms with Crippen LogP contribution in [0.1, 0.15) is 94.2 Å². The maximum atomic E-state index is 13.1. The van der Waals surface area contributed by atoms with Gasteiger partial charge in [-0.3, -0.25) is 9.79 Å². The molecule has 3 rings (SSSR count). The molecule has 10 heteroatoms. The van der Waals surface area contributed by atoms with Crippen LogP contribution < -0.4 is 10.1 Å². The van der Waals surface area contributed by atoms with Gasteiger partial charge in [0.15, 0.2) is 0 Å². The highest BCUT2D eigenvalue weighted by atomic mass is 32.2. The lowest BCUT2D eigenvalue weighted by Gasteiger charge is -2.34. The molecule has 0 aromatic heterocycles. The Balaban J connectivity index is 1.53. The molecule has 2 aliphatic rings. The average molecular weight is 578 g/mol. The van der Waals surface area contributed by atoms with Gasteiger partial charge < -0.3 is 20.3 Å². The molecule has 224 valence electrons. The SMILES string of the molecule is CCCCCCCCCC1=NC2(CCN(S(=O)(=O)C=Cc3c(C)cc(OCCC(O)CO)cc3C)CC2)C(=O)N1. The van der Waals surface area contributed by atoms with Crippen LogP contribution in [0.5, 0.6) is 5.75 Å². The Morgan fingerprint density at radius 1 is 1.10 bits per heavy atom. The van der Waals surface area contributed by atoms with Gasteiger partial charge in [0.1, 0.15) is 17.1 Å². The van der Waals surface area contributed by atoms with Crippen molar-refractivity contribution in [3.8, 4) is 5.75 Å². The largest absolute Gasteiger partial charge is 0.493 e. The summed E-state index contributed by atoms with van der Waals surface area (Å²) >= 11 is 0. The number of amidine groups is 1. The zero-order valence-electron chi connectivity index (χ0n) is 24.3. The van der Waals surface area contributed by atoms with Crippen molar-refractivity contribution in [2.75, 3.05) is 26.3 Å². The van der Waals surface area contributed by atoms with Crippen molar-refractivity contribution < 1.29 is 28.2 Å². The molecule has 0 bridgehead atoms. The number of unbranched alkanes of at least 4 members (excludes halogenated alkanes) is 6. The summed E-state index contributed by atoms with van der Waals surface area (Å²) in [6.07, 6.45) is 11.0. The monoisotopic (exact) mass is 577 g/mol. The summed E-state index contributed by atoms with van der Waals surface area (Å²) < 4.78 is 33.4. The van der Waals surface area contributed by atoms with Gasteiger partial charge in [-0.15, -0.1) is 0 Å². The summed E-state index contributed by atoms with van der Waals surface area (Å²) in [5, 5.41) is 22.6. The molecule has 1 atom stereocenters. The number of piperidine rings is 1. The van der Waals surface area contributed by atoms with Crippen molar-refractivity contribution in [3.63, 3.8) is 0 Å². The first-order valence-electron chi connectivity index (χ1n) is 14.7. The Bertz CT molecular complexity index is 1130. The lowest BCUT2D eigenvalue weighted by atomic mass is 9.89. The highest BCUT2D eigenvalue weighted by Crippen LogP contribution is 2.32. The molecule has 1 spiro atoms. The third-order valence-corrected chi connectivity index (χ3v) is 9.43. The predicted octanol–water partition coefficient (Wildman–Crippen LogP) is 4.23. The van der Waals surface area contributed by atoms with Gasteiger partial charge in [-0.25, -0.2) is 8.42 Å². The Hall–Kier alpha value is -2.27. The molecule has 1 unspecified atom stereocenters. The van der Waals surface area contributed by atoms with Crippen LogP contribution in [0.15, 0.2) is 22.5 Å². The van der Waals surface area contributed by atoms with E-state index in [4.69, 9.17) is 14.8 Å². The Labute approximate surface area is 239 Å². The molecule has 3 N–H and O–H groups in total. The molecule has 2 aliphatic heterocycles. The lowest BCUT2D eigenvalue weighted by molar-refractivity contribution is -0.124. The number of carbonyl (C=O) groups excluding carboxylic acids is 1. The second kappa shape index (κ2) is 15.1. The number of rotatable bonds is 16. The van der Waals surface area contributed by atoms with E-state index in [1.165, 1.54) is 41.8 Å². The number of nitrogens with zero attached hydrogens (tertiary/aromatic N) is 2. The number of aryl methyl sites for hydroxylation is 2. The molecule has 0 radical (unpaired) electrons. The van der Waals surface area contributed by atoms with Crippen LogP contribution in [-0.4, -0.2) is 72.6 Å². The number of hydrogen-bond donors (Lipinski definition) is 3. The first-order valence-corrected chi connectivity index (χ1v) is 16.2. The summed E-state index contributed by atoms with van der Waals surface area (Å²) in [5.74, 6) is 1.28. The first-order chi connectivity index (χ1) is 19.1. The van der Waals surface area contributed by atoms with Crippen LogP contribution in [0.2, 0.25) is 0 Å². The number of benzene rings is 1. The molecule has 1 aromatic rings. The second-order valence-electron chi connectivity index (χ2n) is 11.1. The number of aliphatic hydroxyl groups is 2. The normalized spacial score (nSPS) is 18.3. The zero-order chi connectivity index (χ0) is 29.2. The molecular formula is C30H47N3O6S. The predicted molar refractivity (Wildman–Crippen MR) is 159 cm³/mol. The van der Waals surface area contributed by atoms with E-state index in [0.717, 1.165) is 41.8 Å². The van der Waals surface area contributed by atoms with Crippen LogP contribution >= 0.6 is 0 Å². The van der Waals surface area contributed by atoms with E-state index in [1.807, 2.05) is 26.0 Å². The molecule has 2 heterocycles. The average Bonchev–Trinajstić information content (AvgIpc) is 3.21. The molecule has 1 saturated heterocycles. The second-order valence-corrected chi connectivity index (χ2v) is 12.9. The van der Waals surface area contributed by atoms with Gasteiger partial charge in [0.05, 0.1) is 19.3 Å². The van der Waals surface area contributed by atoms with Crippen LogP contribution in [-0.2, 0) is 14.8 Å². The standard InChI is InChI=1S/C30H47N3O6S/c1-4-5-6-7-8-9-10-11-28-31-29(36)30(32-28)14-16-33(17-15-30)40(37,38)19-13-27-23(2)20-26(21-24(27)3)39-18-12-25(35)22-34/h13,19-21,25,34-35H,4-12,14-18,22H2,1-3H3,(H,31,32,36). The van der Waals surface area contributed by atoms with Crippen LogP contribution in [0.25, 0.3) is 6.08 Å². The van der Waals surface area contributed by atoms with Gasteiger partial charge in [-0.2, -0.15) is 4.31 Å². The molecule has 1 aromatic carbocycles. The Kier molecular flexibility index (Phi) is 12.2. The third kappa shape index (κ3) is 8.86. The molecule has 1 fully saturated rings. The van der Waals surface area contributed by atoms with Crippen LogP contribution in [0.3, 0.4) is 0 Å².